The summed E-state index contributed by atoms with van der Waals surface area (Å²) < 4.78 is 0. The average Bonchev–Trinajstić information content (AvgIpc) is 2.38. The Hall–Kier alpha value is -2.31. The lowest BCUT2D eigenvalue weighted by Gasteiger charge is -2.01. The van der Waals surface area contributed by atoms with Gasteiger partial charge in [-0.05, 0) is 17.7 Å². The van der Waals surface area contributed by atoms with Crippen LogP contribution in [0.3, 0.4) is 0 Å². The van der Waals surface area contributed by atoms with Gasteiger partial charge in [0.05, 0.1) is 0 Å². The average molecular weight is 208 g/mol. The predicted octanol–water partition coefficient (Wildman–Crippen LogP) is 2.83. The van der Waals surface area contributed by atoms with Gasteiger partial charge in [-0.1, -0.05) is 30.3 Å². The van der Waals surface area contributed by atoms with Gasteiger partial charge < -0.3 is 5.73 Å². The molecule has 0 aliphatic heterocycles. The van der Waals surface area contributed by atoms with Crippen LogP contribution < -0.4 is 5.73 Å². The number of nitrogens with zero attached hydrogens (tertiary/aromatic N) is 1. The minimum absolute atomic E-state index is 0.989. The second-order valence-electron chi connectivity index (χ2n) is 3.35. The summed E-state index contributed by atoms with van der Waals surface area (Å²) in [5, 5.41) is 0. The van der Waals surface area contributed by atoms with Crippen LogP contribution in [0.1, 0.15) is 5.56 Å². The van der Waals surface area contributed by atoms with Crippen molar-refractivity contribution in [3.05, 3.63) is 66.3 Å². The van der Waals surface area contributed by atoms with Gasteiger partial charge in [0.1, 0.15) is 0 Å². The molecule has 0 spiro atoms. The maximum absolute atomic E-state index is 5.24. The van der Waals surface area contributed by atoms with E-state index in [0.29, 0.717) is 0 Å². The zero-order valence-electron chi connectivity index (χ0n) is 8.80. The number of rotatable bonds is 2. The Morgan fingerprint density at radius 2 is 1.88 bits per heavy atom. The van der Waals surface area contributed by atoms with Crippen molar-refractivity contribution in [1.82, 2.24) is 4.98 Å². The van der Waals surface area contributed by atoms with Crippen LogP contribution in [0.4, 0.5) is 0 Å². The number of benzene rings is 1. The SMILES string of the molecule is NC=C=Cc1cncc(-c2ccccc2)c1. The molecule has 2 heteroatoms. The summed E-state index contributed by atoms with van der Waals surface area (Å²) in [5.41, 5.74) is 11.3. The highest BCUT2D eigenvalue weighted by molar-refractivity contribution is 5.65. The van der Waals surface area contributed by atoms with Crippen molar-refractivity contribution in [2.24, 2.45) is 5.73 Å². The van der Waals surface area contributed by atoms with Gasteiger partial charge in [0, 0.05) is 29.7 Å². The summed E-state index contributed by atoms with van der Waals surface area (Å²) in [7, 11) is 0. The molecule has 0 aliphatic carbocycles. The molecule has 0 saturated carbocycles. The van der Waals surface area contributed by atoms with Crippen molar-refractivity contribution < 1.29 is 0 Å². The summed E-state index contributed by atoms with van der Waals surface area (Å²) in [4.78, 5) is 4.19. The zero-order valence-corrected chi connectivity index (χ0v) is 8.80. The fourth-order valence-corrected chi connectivity index (χ4v) is 1.47. The molecule has 0 atom stereocenters. The minimum Gasteiger partial charge on any atom is -0.398 e. The van der Waals surface area contributed by atoms with Crippen LogP contribution in [0.2, 0.25) is 0 Å². The lowest BCUT2D eigenvalue weighted by Crippen LogP contribution is -1.81. The Morgan fingerprint density at radius 3 is 2.62 bits per heavy atom. The molecule has 2 rings (SSSR count). The van der Waals surface area contributed by atoms with Gasteiger partial charge in [-0.3, -0.25) is 4.98 Å². The Balaban J connectivity index is 2.40. The third-order valence-corrected chi connectivity index (χ3v) is 2.21. The smallest absolute Gasteiger partial charge is 0.0371 e. The van der Waals surface area contributed by atoms with Crippen LogP contribution in [-0.4, -0.2) is 4.98 Å². The van der Waals surface area contributed by atoms with Gasteiger partial charge in [-0.2, -0.15) is 0 Å². The highest BCUT2D eigenvalue weighted by atomic mass is 14.6. The van der Waals surface area contributed by atoms with E-state index in [4.69, 9.17) is 5.73 Å². The van der Waals surface area contributed by atoms with Gasteiger partial charge in [0.15, 0.2) is 0 Å². The van der Waals surface area contributed by atoms with E-state index in [1.807, 2.05) is 24.4 Å². The van der Waals surface area contributed by atoms with E-state index in [1.54, 1.807) is 12.3 Å². The quantitative estimate of drug-likeness (QED) is 0.771. The summed E-state index contributed by atoms with van der Waals surface area (Å²) in [6.45, 7) is 0. The Labute approximate surface area is 94.8 Å². The van der Waals surface area contributed by atoms with E-state index in [9.17, 15) is 0 Å². The molecule has 1 aromatic carbocycles. The Kier molecular flexibility index (Phi) is 3.17. The Morgan fingerprint density at radius 1 is 1.06 bits per heavy atom. The van der Waals surface area contributed by atoms with Gasteiger partial charge >= 0.3 is 0 Å². The third-order valence-electron chi connectivity index (χ3n) is 2.21. The molecule has 0 bridgehead atoms. The van der Waals surface area contributed by atoms with E-state index in [0.717, 1.165) is 16.7 Å². The zero-order chi connectivity index (χ0) is 11.2. The van der Waals surface area contributed by atoms with Crippen LogP contribution in [0.15, 0.2) is 60.7 Å². The van der Waals surface area contributed by atoms with E-state index in [1.165, 1.54) is 6.20 Å². The molecule has 0 amide bonds. The molecule has 78 valence electrons. The van der Waals surface area contributed by atoms with E-state index in [2.05, 4.69) is 28.9 Å². The van der Waals surface area contributed by atoms with E-state index in [-0.39, 0.29) is 0 Å². The molecular weight excluding hydrogens is 196 g/mol. The van der Waals surface area contributed by atoms with Gasteiger partial charge in [-0.15, -0.1) is 5.73 Å². The van der Waals surface area contributed by atoms with Crippen molar-refractivity contribution in [2.75, 3.05) is 0 Å². The number of pyridine rings is 1. The Bertz CT molecular complexity index is 523. The summed E-state index contributed by atoms with van der Waals surface area (Å²) in [6, 6.07) is 12.2. The van der Waals surface area contributed by atoms with Crippen molar-refractivity contribution >= 4 is 6.08 Å². The lowest BCUT2D eigenvalue weighted by molar-refractivity contribution is 1.32. The normalized spacial score (nSPS) is 9.25. The summed E-state index contributed by atoms with van der Waals surface area (Å²) in [6.07, 6.45) is 6.82. The van der Waals surface area contributed by atoms with Gasteiger partial charge in [-0.25, -0.2) is 0 Å². The minimum atomic E-state index is 0.989. The standard InChI is InChI=1S/C14H12N2/c15-8-4-5-12-9-14(11-16-10-12)13-6-2-1-3-7-13/h1-3,5-11H,15H2. The third kappa shape index (κ3) is 2.38. The highest BCUT2D eigenvalue weighted by Gasteiger charge is 1.96. The van der Waals surface area contributed by atoms with Crippen LogP contribution >= 0.6 is 0 Å². The van der Waals surface area contributed by atoms with Gasteiger partial charge in [0.2, 0.25) is 0 Å². The molecule has 0 aliphatic rings. The molecule has 1 aromatic heterocycles. The van der Waals surface area contributed by atoms with Crippen LogP contribution in [0.25, 0.3) is 17.2 Å². The predicted molar refractivity (Wildman–Crippen MR) is 66.4 cm³/mol. The second-order valence-corrected chi connectivity index (χ2v) is 3.35. The van der Waals surface area contributed by atoms with Crippen molar-refractivity contribution in [3.63, 3.8) is 0 Å². The number of nitrogens with two attached hydrogens (primary N) is 1. The summed E-state index contributed by atoms with van der Waals surface area (Å²) >= 11 is 0. The maximum Gasteiger partial charge on any atom is 0.0371 e. The highest BCUT2D eigenvalue weighted by Crippen LogP contribution is 2.18. The monoisotopic (exact) mass is 208 g/mol. The topological polar surface area (TPSA) is 38.9 Å². The molecule has 1 heterocycles. The molecule has 0 saturated heterocycles. The first-order valence-corrected chi connectivity index (χ1v) is 5.03. The molecular formula is C14H12N2. The first-order valence-electron chi connectivity index (χ1n) is 5.03. The lowest BCUT2D eigenvalue weighted by atomic mass is 10.1. The number of hydrogen-bond donors (Lipinski definition) is 1. The second kappa shape index (κ2) is 4.96. The van der Waals surface area contributed by atoms with Gasteiger partial charge in [0.25, 0.3) is 0 Å². The molecule has 2 N–H and O–H groups in total. The van der Waals surface area contributed by atoms with E-state index < -0.39 is 0 Å². The van der Waals surface area contributed by atoms with Crippen molar-refractivity contribution in [3.8, 4) is 11.1 Å². The first kappa shape index (κ1) is 10.2. The number of aromatic nitrogens is 1. The molecule has 2 aromatic rings. The molecule has 0 fully saturated rings. The van der Waals surface area contributed by atoms with Crippen LogP contribution in [0, 0.1) is 0 Å². The molecule has 0 radical (unpaired) electrons. The fourth-order valence-electron chi connectivity index (χ4n) is 1.47. The maximum atomic E-state index is 5.24. The molecule has 2 nitrogen and oxygen atoms in total. The van der Waals surface area contributed by atoms with Crippen LogP contribution in [-0.2, 0) is 0 Å². The number of hydrogen-bond acceptors (Lipinski definition) is 2. The van der Waals surface area contributed by atoms with Crippen molar-refractivity contribution in [1.29, 1.82) is 0 Å². The molecule has 0 unspecified atom stereocenters. The van der Waals surface area contributed by atoms with Crippen LogP contribution in [0.5, 0.6) is 0 Å². The first-order chi connectivity index (χ1) is 7.90. The van der Waals surface area contributed by atoms with E-state index >= 15 is 0 Å². The summed E-state index contributed by atoms with van der Waals surface area (Å²) in [5.74, 6) is 0. The molecule has 16 heavy (non-hydrogen) atoms. The largest absolute Gasteiger partial charge is 0.398 e. The fraction of sp³-hybridized carbons (Fsp3) is 0. The van der Waals surface area contributed by atoms with Crippen molar-refractivity contribution in [2.45, 2.75) is 0 Å².